The molecule has 1 aliphatic heterocycles. The molecule has 1 aliphatic rings. The van der Waals surface area contributed by atoms with Gasteiger partial charge in [0.1, 0.15) is 23.9 Å². The maximum Gasteiger partial charge on any atom is 0.326 e. The largest absolute Gasteiger partial charge is 0.508 e. The first-order valence-corrected chi connectivity index (χ1v) is 11.8. The van der Waals surface area contributed by atoms with Crippen molar-refractivity contribution in [3.63, 3.8) is 0 Å². The van der Waals surface area contributed by atoms with Gasteiger partial charge in [0.2, 0.25) is 17.7 Å². The van der Waals surface area contributed by atoms with Crippen LogP contribution in [-0.2, 0) is 30.4 Å². The number of benzene rings is 1. The summed E-state index contributed by atoms with van der Waals surface area (Å²) < 4.78 is 0. The highest BCUT2D eigenvalue weighted by Gasteiger charge is 2.32. The third-order valence-electron chi connectivity index (χ3n) is 5.72. The van der Waals surface area contributed by atoms with Gasteiger partial charge in [0, 0.05) is 6.42 Å². The average molecular weight is 507 g/mol. The molecule has 0 bridgehead atoms. The van der Waals surface area contributed by atoms with E-state index in [9.17, 15) is 39.3 Å². The number of amides is 3. The van der Waals surface area contributed by atoms with Crippen molar-refractivity contribution in [1.29, 1.82) is 0 Å². The molecule has 0 radical (unpaired) electrons. The molecule has 0 aromatic heterocycles. The zero-order valence-corrected chi connectivity index (χ0v) is 20.3. The van der Waals surface area contributed by atoms with E-state index in [-0.39, 0.29) is 24.5 Å². The predicted molar refractivity (Wildman–Crippen MR) is 128 cm³/mol. The lowest BCUT2D eigenvalue weighted by Gasteiger charge is -2.25. The molecule has 0 spiro atoms. The number of carbonyl (C=O) groups excluding carboxylic acids is 3. The van der Waals surface area contributed by atoms with Crippen LogP contribution in [0.15, 0.2) is 24.3 Å². The summed E-state index contributed by atoms with van der Waals surface area (Å²) in [6, 6.07) is 1.41. The highest BCUT2D eigenvalue weighted by atomic mass is 16.4. The van der Waals surface area contributed by atoms with Crippen molar-refractivity contribution in [1.82, 2.24) is 21.3 Å². The van der Waals surface area contributed by atoms with Gasteiger partial charge in [-0.3, -0.25) is 19.2 Å². The molecule has 3 amide bonds. The van der Waals surface area contributed by atoms with Gasteiger partial charge in [0.05, 0.1) is 12.5 Å². The zero-order valence-electron chi connectivity index (χ0n) is 20.3. The Kier molecular flexibility index (Phi) is 10.7. The van der Waals surface area contributed by atoms with E-state index in [4.69, 9.17) is 0 Å². The molecule has 12 nitrogen and oxygen atoms in total. The smallest absolute Gasteiger partial charge is 0.326 e. The number of aromatic hydroxyl groups is 1. The van der Waals surface area contributed by atoms with Crippen molar-refractivity contribution < 1.29 is 39.3 Å². The molecule has 2 rings (SSSR count). The highest BCUT2D eigenvalue weighted by molar-refractivity contribution is 5.95. The molecule has 12 heteroatoms. The van der Waals surface area contributed by atoms with E-state index in [1.54, 1.807) is 13.8 Å². The van der Waals surface area contributed by atoms with Gasteiger partial charge >= 0.3 is 11.9 Å². The molecule has 4 unspecified atom stereocenters. The topological polar surface area (TPSA) is 194 Å². The molecule has 1 heterocycles. The number of hydrogen-bond acceptors (Lipinski definition) is 7. The number of aliphatic carboxylic acids is 2. The third kappa shape index (κ3) is 9.17. The lowest BCUT2D eigenvalue weighted by molar-refractivity contribution is -0.143. The second kappa shape index (κ2) is 13.4. The Balaban J connectivity index is 2.22. The summed E-state index contributed by atoms with van der Waals surface area (Å²) in [6.45, 7) is 4.23. The Hall–Kier alpha value is -3.67. The number of phenols is 1. The molecule has 1 aromatic carbocycles. The van der Waals surface area contributed by atoms with Crippen LogP contribution in [0.2, 0.25) is 0 Å². The molecule has 7 N–H and O–H groups in total. The van der Waals surface area contributed by atoms with Crippen LogP contribution in [0.25, 0.3) is 0 Å². The van der Waals surface area contributed by atoms with Crippen LogP contribution >= 0.6 is 0 Å². The number of carboxylic acid groups (broad SMARTS) is 2. The normalized spacial score (nSPS) is 17.6. The highest BCUT2D eigenvalue weighted by Crippen LogP contribution is 2.13. The Labute approximate surface area is 208 Å². The summed E-state index contributed by atoms with van der Waals surface area (Å²) in [7, 11) is 0. The van der Waals surface area contributed by atoms with Gasteiger partial charge in [-0.15, -0.1) is 0 Å². The van der Waals surface area contributed by atoms with Crippen molar-refractivity contribution >= 4 is 29.7 Å². The van der Waals surface area contributed by atoms with Crippen molar-refractivity contribution in [3.8, 4) is 5.75 Å². The number of carbonyl (C=O) groups is 5. The van der Waals surface area contributed by atoms with Gasteiger partial charge in [-0.2, -0.15) is 0 Å². The van der Waals surface area contributed by atoms with Crippen LogP contribution in [0, 0.1) is 5.92 Å². The fourth-order valence-electron chi connectivity index (χ4n) is 3.88. The standard InChI is InChI=1S/C24H34N4O8/c1-13(2)10-19(24(35)36)28-22(33)17(11-14-5-7-15(29)8-6-14)26-23(34)18(12-20(30)31)27-21(32)16-4-3-9-25-16/h5-8,13,16-19,25,29H,3-4,9-12H2,1-2H3,(H,26,34)(H,27,32)(H,28,33)(H,30,31)(H,35,36). The second-order valence-corrected chi connectivity index (χ2v) is 9.27. The number of nitrogens with one attached hydrogen (secondary N) is 4. The van der Waals surface area contributed by atoms with Gasteiger partial charge in [0.15, 0.2) is 0 Å². The summed E-state index contributed by atoms with van der Waals surface area (Å²) in [5.74, 6) is -4.77. The van der Waals surface area contributed by atoms with E-state index >= 15 is 0 Å². The van der Waals surface area contributed by atoms with E-state index in [0.29, 0.717) is 18.5 Å². The molecular weight excluding hydrogens is 472 g/mol. The van der Waals surface area contributed by atoms with Crippen molar-refractivity contribution in [2.45, 2.75) is 70.1 Å². The SMILES string of the molecule is CC(C)CC(NC(=O)C(Cc1ccc(O)cc1)NC(=O)C(CC(=O)O)NC(=O)C1CCCN1)C(=O)O. The second-order valence-electron chi connectivity index (χ2n) is 9.27. The van der Waals surface area contributed by atoms with E-state index < -0.39 is 60.2 Å². The lowest BCUT2D eigenvalue weighted by atomic mass is 10.0. The van der Waals surface area contributed by atoms with Crippen LogP contribution in [-0.4, -0.2) is 75.7 Å². The molecular formula is C24H34N4O8. The molecule has 36 heavy (non-hydrogen) atoms. The minimum absolute atomic E-state index is 0.00332. The van der Waals surface area contributed by atoms with Crippen LogP contribution < -0.4 is 21.3 Å². The maximum absolute atomic E-state index is 13.1. The predicted octanol–water partition coefficient (Wildman–Crippen LogP) is -0.253. The monoisotopic (exact) mass is 506 g/mol. The van der Waals surface area contributed by atoms with E-state index in [1.807, 2.05) is 0 Å². The van der Waals surface area contributed by atoms with E-state index in [1.165, 1.54) is 24.3 Å². The Morgan fingerprint density at radius 2 is 1.56 bits per heavy atom. The summed E-state index contributed by atoms with van der Waals surface area (Å²) in [5.41, 5.74) is 0.554. The number of hydrogen-bond donors (Lipinski definition) is 7. The van der Waals surface area contributed by atoms with Crippen LogP contribution in [0.4, 0.5) is 0 Å². The number of carboxylic acids is 2. The van der Waals surface area contributed by atoms with Crippen molar-refractivity contribution in [2.75, 3.05) is 6.54 Å². The number of rotatable bonds is 13. The summed E-state index contributed by atoms with van der Waals surface area (Å²) in [4.78, 5) is 61.6. The quantitative estimate of drug-likeness (QED) is 0.189. The molecule has 1 fully saturated rings. The molecule has 198 valence electrons. The zero-order chi connectivity index (χ0) is 26.8. The molecule has 4 atom stereocenters. The summed E-state index contributed by atoms with van der Waals surface area (Å²) in [5, 5.41) is 38.6. The van der Waals surface area contributed by atoms with Crippen LogP contribution in [0.3, 0.4) is 0 Å². The molecule has 0 saturated carbocycles. The third-order valence-corrected chi connectivity index (χ3v) is 5.72. The first-order chi connectivity index (χ1) is 17.0. The van der Waals surface area contributed by atoms with Gasteiger partial charge in [-0.05, 0) is 49.4 Å². The van der Waals surface area contributed by atoms with Gasteiger partial charge in [0.25, 0.3) is 0 Å². The first kappa shape index (κ1) is 28.6. The van der Waals surface area contributed by atoms with Crippen LogP contribution in [0.5, 0.6) is 5.75 Å². The van der Waals surface area contributed by atoms with Gasteiger partial charge in [-0.1, -0.05) is 26.0 Å². The van der Waals surface area contributed by atoms with Crippen molar-refractivity contribution in [2.24, 2.45) is 5.92 Å². The summed E-state index contributed by atoms with van der Waals surface area (Å²) >= 11 is 0. The Morgan fingerprint density at radius 1 is 0.944 bits per heavy atom. The fourth-order valence-corrected chi connectivity index (χ4v) is 3.88. The Bertz CT molecular complexity index is 944. The summed E-state index contributed by atoms with van der Waals surface area (Å²) in [6.07, 6.45) is 0.704. The first-order valence-electron chi connectivity index (χ1n) is 11.8. The van der Waals surface area contributed by atoms with Crippen LogP contribution in [0.1, 0.15) is 45.1 Å². The van der Waals surface area contributed by atoms with Crippen molar-refractivity contribution in [3.05, 3.63) is 29.8 Å². The van der Waals surface area contributed by atoms with E-state index in [2.05, 4.69) is 21.3 Å². The molecule has 1 saturated heterocycles. The average Bonchev–Trinajstić information content (AvgIpc) is 3.33. The molecule has 1 aromatic rings. The number of phenolic OH excluding ortho intramolecular Hbond substituents is 1. The lowest BCUT2D eigenvalue weighted by Crippen LogP contribution is -2.58. The van der Waals surface area contributed by atoms with E-state index in [0.717, 1.165) is 6.42 Å². The Morgan fingerprint density at radius 3 is 2.08 bits per heavy atom. The minimum atomic E-state index is -1.45. The minimum Gasteiger partial charge on any atom is -0.508 e. The molecule has 0 aliphatic carbocycles. The maximum atomic E-state index is 13.1. The van der Waals surface area contributed by atoms with Gasteiger partial charge < -0.3 is 36.6 Å². The fraction of sp³-hybridized carbons (Fsp3) is 0.542. The van der Waals surface area contributed by atoms with Gasteiger partial charge in [-0.25, -0.2) is 4.79 Å².